The van der Waals surface area contributed by atoms with E-state index in [-0.39, 0.29) is 17.3 Å². The van der Waals surface area contributed by atoms with Crippen LogP contribution in [0.4, 0.5) is 0 Å². The van der Waals surface area contributed by atoms with Crippen LogP contribution in [0.5, 0.6) is 0 Å². The van der Waals surface area contributed by atoms with Crippen LogP contribution in [0.3, 0.4) is 0 Å². The van der Waals surface area contributed by atoms with Crippen molar-refractivity contribution < 1.29 is 9.53 Å². The smallest absolute Gasteiger partial charge is 0.309 e. The molecule has 0 radical (unpaired) electrons. The van der Waals surface area contributed by atoms with Crippen LogP contribution in [-0.2, 0) is 14.9 Å². The predicted molar refractivity (Wildman–Crippen MR) is 72.5 cm³/mol. The zero-order chi connectivity index (χ0) is 13.2. The summed E-state index contributed by atoms with van der Waals surface area (Å²) in [4.78, 5) is 12.1. The van der Waals surface area contributed by atoms with Crippen LogP contribution in [0.15, 0.2) is 24.3 Å². The van der Waals surface area contributed by atoms with E-state index in [0.29, 0.717) is 6.61 Å². The summed E-state index contributed by atoms with van der Waals surface area (Å²) in [6.07, 6.45) is 3.12. The van der Waals surface area contributed by atoms with Gasteiger partial charge in [0.15, 0.2) is 0 Å². The summed E-state index contributed by atoms with van der Waals surface area (Å²) < 4.78 is 5.23. The van der Waals surface area contributed by atoms with Gasteiger partial charge in [-0.05, 0) is 32.3 Å². The van der Waals surface area contributed by atoms with Gasteiger partial charge in [-0.2, -0.15) is 0 Å². The highest BCUT2D eigenvalue weighted by atomic mass is 16.5. The van der Waals surface area contributed by atoms with E-state index in [0.717, 1.165) is 19.3 Å². The first-order valence-corrected chi connectivity index (χ1v) is 6.81. The molecule has 1 saturated carbocycles. The largest absolute Gasteiger partial charge is 0.466 e. The van der Waals surface area contributed by atoms with Gasteiger partial charge in [-0.1, -0.05) is 43.2 Å². The zero-order valence-electron chi connectivity index (χ0n) is 11.5. The quantitative estimate of drug-likeness (QED) is 0.761. The van der Waals surface area contributed by atoms with Crippen LogP contribution in [0, 0.1) is 12.8 Å². The number of ether oxygens (including phenoxy) is 1. The van der Waals surface area contributed by atoms with Crippen LogP contribution in [0.25, 0.3) is 0 Å². The number of hydrogen-bond acceptors (Lipinski definition) is 2. The Morgan fingerprint density at radius 1 is 1.39 bits per heavy atom. The van der Waals surface area contributed by atoms with Gasteiger partial charge >= 0.3 is 5.97 Å². The van der Waals surface area contributed by atoms with Crippen LogP contribution in [0.1, 0.15) is 44.2 Å². The Hall–Kier alpha value is -1.31. The summed E-state index contributed by atoms with van der Waals surface area (Å²) in [5.41, 5.74) is 2.47. The molecule has 0 unspecified atom stereocenters. The SMILES string of the molecule is CCOC(=O)[C@H]1CCC[C@@]1(C)c1ccc(C)cc1. The fourth-order valence-corrected chi connectivity index (χ4v) is 3.07. The van der Waals surface area contributed by atoms with E-state index in [2.05, 4.69) is 38.1 Å². The van der Waals surface area contributed by atoms with E-state index in [1.807, 2.05) is 6.92 Å². The molecule has 1 aliphatic rings. The number of esters is 1. The normalized spacial score (nSPS) is 27.2. The summed E-state index contributed by atoms with van der Waals surface area (Å²) in [6, 6.07) is 8.57. The van der Waals surface area contributed by atoms with Crippen molar-refractivity contribution in [1.82, 2.24) is 0 Å². The summed E-state index contributed by atoms with van der Waals surface area (Å²) in [5, 5.41) is 0. The molecule has 0 heterocycles. The molecule has 0 amide bonds. The van der Waals surface area contributed by atoms with Crippen LogP contribution >= 0.6 is 0 Å². The first kappa shape index (κ1) is 13.1. The Morgan fingerprint density at radius 3 is 2.67 bits per heavy atom. The first-order valence-electron chi connectivity index (χ1n) is 6.81. The van der Waals surface area contributed by atoms with Crippen molar-refractivity contribution in [2.45, 2.75) is 45.4 Å². The molecule has 2 rings (SSSR count). The molecule has 1 aromatic rings. The predicted octanol–water partition coefficient (Wildman–Crippen LogP) is 3.62. The van der Waals surface area contributed by atoms with Gasteiger partial charge in [-0.3, -0.25) is 4.79 Å². The third-order valence-electron chi connectivity index (χ3n) is 4.24. The van der Waals surface area contributed by atoms with Crippen LogP contribution in [0.2, 0.25) is 0 Å². The number of benzene rings is 1. The van der Waals surface area contributed by atoms with E-state index >= 15 is 0 Å². The topological polar surface area (TPSA) is 26.3 Å². The van der Waals surface area contributed by atoms with Gasteiger partial charge in [-0.15, -0.1) is 0 Å². The molecule has 2 heteroatoms. The lowest BCUT2D eigenvalue weighted by Gasteiger charge is -2.30. The van der Waals surface area contributed by atoms with E-state index < -0.39 is 0 Å². The summed E-state index contributed by atoms with van der Waals surface area (Å²) in [6.45, 7) is 6.63. The fourth-order valence-electron chi connectivity index (χ4n) is 3.07. The number of hydrogen-bond donors (Lipinski definition) is 0. The molecule has 1 aromatic carbocycles. The van der Waals surface area contributed by atoms with Crippen molar-refractivity contribution in [3.8, 4) is 0 Å². The van der Waals surface area contributed by atoms with Crippen LogP contribution in [-0.4, -0.2) is 12.6 Å². The molecule has 1 aliphatic carbocycles. The van der Waals surface area contributed by atoms with Crippen molar-refractivity contribution >= 4 is 5.97 Å². The maximum Gasteiger partial charge on any atom is 0.309 e. The highest BCUT2D eigenvalue weighted by Crippen LogP contribution is 2.46. The molecular weight excluding hydrogens is 224 g/mol. The molecule has 0 bridgehead atoms. The van der Waals surface area contributed by atoms with E-state index in [1.165, 1.54) is 11.1 Å². The molecule has 0 aliphatic heterocycles. The zero-order valence-corrected chi connectivity index (χ0v) is 11.5. The Labute approximate surface area is 109 Å². The second-order valence-electron chi connectivity index (χ2n) is 5.48. The molecule has 0 spiro atoms. The van der Waals surface area contributed by atoms with Gasteiger partial charge in [-0.25, -0.2) is 0 Å². The van der Waals surface area contributed by atoms with Crippen molar-refractivity contribution in [2.24, 2.45) is 5.92 Å². The average Bonchev–Trinajstić information content (AvgIpc) is 2.73. The monoisotopic (exact) mass is 246 g/mol. The van der Waals surface area contributed by atoms with Gasteiger partial charge < -0.3 is 4.74 Å². The van der Waals surface area contributed by atoms with Crippen molar-refractivity contribution in [3.05, 3.63) is 35.4 Å². The second-order valence-corrected chi connectivity index (χ2v) is 5.48. The van der Waals surface area contributed by atoms with Crippen molar-refractivity contribution in [1.29, 1.82) is 0 Å². The minimum Gasteiger partial charge on any atom is -0.466 e. The van der Waals surface area contributed by atoms with Crippen molar-refractivity contribution in [3.63, 3.8) is 0 Å². The molecule has 2 atom stereocenters. The van der Waals surface area contributed by atoms with Gasteiger partial charge in [0.1, 0.15) is 0 Å². The Morgan fingerprint density at radius 2 is 2.06 bits per heavy atom. The first-order chi connectivity index (χ1) is 8.58. The highest BCUT2D eigenvalue weighted by Gasteiger charge is 2.44. The lowest BCUT2D eigenvalue weighted by atomic mass is 9.74. The average molecular weight is 246 g/mol. The Balaban J connectivity index is 2.27. The summed E-state index contributed by atoms with van der Waals surface area (Å²) in [7, 11) is 0. The van der Waals surface area contributed by atoms with E-state index in [4.69, 9.17) is 4.74 Å². The minimum absolute atomic E-state index is 0.0140. The molecular formula is C16H22O2. The minimum atomic E-state index is -0.0556. The lowest BCUT2D eigenvalue weighted by Crippen LogP contribution is -2.33. The number of rotatable bonds is 3. The standard InChI is InChI=1S/C16H22O2/c1-4-18-15(17)14-6-5-11-16(14,3)13-9-7-12(2)8-10-13/h7-10,14H,4-6,11H2,1-3H3/t14-,16+/m1/s1. The van der Waals surface area contributed by atoms with Gasteiger partial charge in [0.2, 0.25) is 0 Å². The van der Waals surface area contributed by atoms with Gasteiger partial charge in [0.25, 0.3) is 0 Å². The van der Waals surface area contributed by atoms with E-state index in [9.17, 15) is 4.79 Å². The maximum absolute atomic E-state index is 12.1. The number of carbonyl (C=O) groups is 1. The molecule has 18 heavy (non-hydrogen) atoms. The molecule has 0 aromatic heterocycles. The molecule has 1 fully saturated rings. The highest BCUT2D eigenvalue weighted by molar-refractivity contribution is 5.75. The second kappa shape index (κ2) is 5.13. The number of aryl methyl sites for hydroxylation is 1. The molecule has 0 N–H and O–H groups in total. The fraction of sp³-hybridized carbons (Fsp3) is 0.562. The van der Waals surface area contributed by atoms with Crippen molar-refractivity contribution in [2.75, 3.05) is 6.61 Å². The maximum atomic E-state index is 12.1. The summed E-state index contributed by atoms with van der Waals surface area (Å²) in [5.74, 6) is -0.0155. The Kier molecular flexibility index (Phi) is 3.74. The lowest BCUT2D eigenvalue weighted by molar-refractivity contribution is -0.149. The molecule has 0 saturated heterocycles. The van der Waals surface area contributed by atoms with E-state index in [1.54, 1.807) is 0 Å². The van der Waals surface area contributed by atoms with Gasteiger partial charge in [0, 0.05) is 5.41 Å². The number of carbonyl (C=O) groups excluding carboxylic acids is 1. The Bertz CT molecular complexity index is 421. The third kappa shape index (κ3) is 2.29. The molecule has 2 nitrogen and oxygen atoms in total. The molecule has 98 valence electrons. The summed E-state index contributed by atoms with van der Waals surface area (Å²) >= 11 is 0. The van der Waals surface area contributed by atoms with Gasteiger partial charge in [0.05, 0.1) is 12.5 Å². The van der Waals surface area contributed by atoms with Crippen LogP contribution < -0.4 is 0 Å². The third-order valence-corrected chi connectivity index (χ3v) is 4.24.